The van der Waals surface area contributed by atoms with Crippen molar-refractivity contribution in [1.29, 1.82) is 0 Å². The van der Waals surface area contributed by atoms with Crippen LogP contribution in [0, 0.1) is 5.41 Å². The first kappa shape index (κ1) is 12.4. The van der Waals surface area contributed by atoms with E-state index in [4.69, 9.17) is 0 Å². The molecule has 0 aromatic rings. The zero-order chi connectivity index (χ0) is 10.6. The maximum absolute atomic E-state index is 3.45. The van der Waals surface area contributed by atoms with Crippen molar-refractivity contribution in [1.82, 2.24) is 5.32 Å². The average Bonchev–Trinajstić information content (AvgIpc) is 2.55. The molecule has 2 heteroatoms. The van der Waals surface area contributed by atoms with E-state index in [9.17, 15) is 0 Å². The van der Waals surface area contributed by atoms with E-state index < -0.39 is 0 Å². The highest BCUT2D eigenvalue weighted by Gasteiger charge is 2.24. The van der Waals surface area contributed by atoms with Crippen LogP contribution in [0.4, 0.5) is 0 Å². The molecule has 1 saturated carbocycles. The summed E-state index contributed by atoms with van der Waals surface area (Å²) >= 11 is 2.18. The molecule has 1 unspecified atom stereocenters. The van der Waals surface area contributed by atoms with E-state index in [1.165, 1.54) is 31.4 Å². The van der Waals surface area contributed by atoms with Crippen LogP contribution in [-0.4, -0.2) is 24.1 Å². The van der Waals surface area contributed by atoms with Gasteiger partial charge in [0.2, 0.25) is 0 Å². The van der Waals surface area contributed by atoms with E-state index in [1.54, 1.807) is 0 Å². The summed E-state index contributed by atoms with van der Waals surface area (Å²) in [6, 6.07) is 0.646. The Labute approximate surface area is 93.4 Å². The van der Waals surface area contributed by atoms with Gasteiger partial charge in [-0.3, -0.25) is 0 Å². The normalized spacial score (nSPS) is 21.4. The van der Waals surface area contributed by atoms with Crippen molar-refractivity contribution in [3.05, 3.63) is 0 Å². The lowest BCUT2D eigenvalue weighted by molar-refractivity contribution is 0.305. The van der Waals surface area contributed by atoms with Gasteiger partial charge >= 0.3 is 0 Å². The average molecular weight is 215 g/mol. The van der Waals surface area contributed by atoms with Gasteiger partial charge in [-0.15, -0.1) is 0 Å². The van der Waals surface area contributed by atoms with Crippen LogP contribution >= 0.6 is 11.8 Å². The Kier molecular flexibility index (Phi) is 4.78. The van der Waals surface area contributed by atoms with E-state index in [1.807, 2.05) is 0 Å². The predicted molar refractivity (Wildman–Crippen MR) is 67.0 cm³/mol. The molecular formula is C12H25NS. The van der Waals surface area contributed by atoms with Gasteiger partial charge in [-0.1, -0.05) is 33.6 Å². The molecule has 1 nitrogen and oxygen atoms in total. The van der Waals surface area contributed by atoms with Gasteiger partial charge in [0.15, 0.2) is 0 Å². The molecule has 1 N–H and O–H groups in total. The number of hydrogen-bond acceptors (Lipinski definition) is 2. The summed E-state index contributed by atoms with van der Waals surface area (Å²) in [5, 5.41) is 4.40. The monoisotopic (exact) mass is 215 g/mol. The molecule has 0 radical (unpaired) electrons. The molecule has 0 spiro atoms. The zero-order valence-electron chi connectivity index (χ0n) is 10.1. The van der Waals surface area contributed by atoms with Crippen LogP contribution < -0.4 is 5.32 Å². The van der Waals surface area contributed by atoms with Crippen LogP contribution in [0.1, 0.15) is 46.5 Å². The minimum absolute atomic E-state index is 0.389. The quantitative estimate of drug-likeness (QED) is 0.772. The van der Waals surface area contributed by atoms with Crippen molar-refractivity contribution < 1.29 is 0 Å². The molecule has 1 atom stereocenters. The first-order valence-electron chi connectivity index (χ1n) is 5.83. The summed E-state index contributed by atoms with van der Waals surface area (Å²) < 4.78 is 0. The summed E-state index contributed by atoms with van der Waals surface area (Å²) in [6.45, 7) is 6.97. The Hall–Kier alpha value is 0.310. The minimum Gasteiger partial charge on any atom is -0.316 e. The maximum Gasteiger partial charge on any atom is 0.0203 e. The molecule has 1 aliphatic rings. The van der Waals surface area contributed by atoms with Gasteiger partial charge in [0.05, 0.1) is 0 Å². The molecule has 0 aromatic carbocycles. The molecule has 0 amide bonds. The highest BCUT2D eigenvalue weighted by atomic mass is 32.2. The first-order chi connectivity index (χ1) is 6.54. The van der Waals surface area contributed by atoms with E-state index in [0.717, 1.165) is 5.25 Å². The Morgan fingerprint density at radius 2 is 1.86 bits per heavy atom. The molecule has 14 heavy (non-hydrogen) atoms. The molecule has 0 aliphatic heterocycles. The van der Waals surface area contributed by atoms with Crippen molar-refractivity contribution in [2.75, 3.05) is 12.8 Å². The molecule has 1 aliphatic carbocycles. The first-order valence-corrected chi connectivity index (χ1v) is 6.88. The summed E-state index contributed by atoms with van der Waals surface area (Å²) in [5.74, 6) is 1.27. The second kappa shape index (κ2) is 5.41. The van der Waals surface area contributed by atoms with Gasteiger partial charge in [0.25, 0.3) is 0 Å². The number of thioether (sulfide) groups is 1. The standard InChI is InChI=1S/C12H25NS/c1-12(2,3)11(13-4)9-14-10-7-5-6-8-10/h10-11,13H,5-9H2,1-4H3. The smallest absolute Gasteiger partial charge is 0.0203 e. The molecule has 0 heterocycles. The number of hydrogen-bond donors (Lipinski definition) is 1. The molecule has 1 rings (SSSR count). The third-order valence-electron chi connectivity index (χ3n) is 3.19. The minimum atomic E-state index is 0.389. The third-order valence-corrected chi connectivity index (χ3v) is 4.66. The lowest BCUT2D eigenvalue weighted by Crippen LogP contribution is -2.40. The van der Waals surface area contributed by atoms with Gasteiger partial charge in [-0.05, 0) is 25.3 Å². The largest absolute Gasteiger partial charge is 0.316 e. The van der Waals surface area contributed by atoms with Crippen molar-refractivity contribution in [3.8, 4) is 0 Å². The lowest BCUT2D eigenvalue weighted by Gasteiger charge is -2.30. The Morgan fingerprint density at radius 1 is 1.29 bits per heavy atom. The number of rotatable bonds is 4. The van der Waals surface area contributed by atoms with Gasteiger partial charge in [0.1, 0.15) is 0 Å². The maximum atomic E-state index is 3.45. The van der Waals surface area contributed by atoms with Gasteiger partial charge in [-0.2, -0.15) is 11.8 Å². The van der Waals surface area contributed by atoms with Crippen LogP contribution in [0.15, 0.2) is 0 Å². The van der Waals surface area contributed by atoms with E-state index in [-0.39, 0.29) is 0 Å². The summed E-state index contributed by atoms with van der Waals surface area (Å²) in [4.78, 5) is 0. The Bertz CT molecular complexity index is 156. The van der Waals surface area contributed by atoms with Gasteiger partial charge in [0, 0.05) is 17.0 Å². The van der Waals surface area contributed by atoms with Crippen molar-refractivity contribution in [2.45, 2.75) is 57.7 Å². The van der Waals surface area contributed by atoms with E-state index >= 15 is 0 Å². The molecule has 0 aromatic heterocycles. The lowest BCUT2D eigenvalue weighted by atomic mass is 9.88. The van der Waals surface area contributed by atoms with Crippen molar-refractivity contribution >= 4 is 11.8 Å². The fourth-order valence-corrected chi connectivity index (χ4v) is 3.85. The fraction of sp³-hybridized carbons (Fsp3) is 1.00. The van der Waals surface area contributed by atoms with Crippen molar-refractivity contribution in [3.63, 3.8) is 0 Å². The topological polar surface area (TPSA) is 12.0 Å². The third kappa shape index (κ3) is 3.82. The summed E-state index contributed by atoms with van der Waals surface area (Å²) in [5.41, 5.74) is 0.389. The summed E-state index contributed by atoms with van der Waals surface area (Å²) in [6.07, 6.45) is 5.81. The second-order valence-electron chi connectivity index (χ2n) is 5.45. The number of nitrogens with one attached hydrogen (secondary N) is 1. The SMILES string of the molecule is CNC(CSC1CCCC1)C(C)(C)C. The van der Waals surface area contributed by atoms with Crippen molar-refractivity contribution in [2.24, 2.45) is 5.41 Å². The molecule has 1 fully saturated rings. The van der Waals surface area contributed by atoms with Crippen LogP contribution in [0.2, 0.25) is 0 Å². The highest BCUT2D eigenvalue weighted by Crippen LogP contribution is 2.32. The predicted octanol–water partition coefficient (Wildman–Crippen LogP) is 3.30. The fourth-order valence-electron chi connectivity index (χ4n) is 2.05. The van der Waals surface area contributed by atoms with Crippen LogP contribution in [-0.2, 0) is 0 Å². The zero-order valence-corrected chi connectivity index (χ0v) is 10.9. The molecule has 0 saturated heterocycles. The van der Waals surface area contributed by atoms with E-state index in [0.29, 0.717) is 11.5 Å². The van der Waals surface area contributed by atoms with Gasteiger partial charge < -0.3 is 5.32 Å². The van der Waals surface area contributed by atoms with Gasteiger partial charge in [-0.25, -0.2) is 0 Å². The molecular weight excluding hydrogens is 190 g/mol. The Balaban J connectivity index is 2.26. The molecule has 0 bridgehead atoms. The van der Waals surface area contributed by atoms with Crippen LogP contribution in [0.25, 0.3) is 0 Å². The van der Waals surface area contributed by atoms with E-state index in [2.05, 4.69) is 44.9 Å². The van der Waals surface area contributed by atoms with Crippen LogP contribution in [0.3, 0.4) is 0 Å². The molecule has 84 valence electrons. The van der Waals surface area contributed by atoms with Crippen LogP contribution in [0.5, 0.6) is 0 Å². The second-order valence-corrected chi connectivity index (χ2v) is 6.78. The highest BCUT2D eigenvalue weighted by molar-refractivity contribution is 7.99. The Morgan fingerprint density at radius 3 is 2.29 bits per heavy atom. The summed E-state index contributed by atoms with van der Waals surface area (Å²) in [7, 11) is 2.09.